The van der Waals surface area contributed by atoms with E-state index in [0.29, 0.717) is 35.9 Å². The number of carbonyl (C=O) groups excluding carboxylic acids is 2. The molecule has 0 radical (unpaired) electrons. The zero-order valence-electron chi connectivity index (χ0n) is 16.0. The molecule has 0 saturated heterocycles. The van der Waals surface area contributed by atoms with E-state index in [9.17, 15) is 18.0 Å². The van der Waals surface area contributed by atoms with E-state index in [0.717, 1.165) is 5.56 Å². The van der Waals surface area contributed by atoms with E-state index in [1.54, 1.807) is 30.3 Å². The lowest BCUT2D eigenvalue weighted by atomic mass is 10.1. The first kappa shape index (κ1) is 22.5. The molecule has 0 atom stereocenters. The van der Waals surface area contributed by atoms with Crippen LogP contribution in [0.2, 0.25) is 5.02 Å². The van der Waals surface area contributed by atoms with Crippen molar-refractivity contribution in [1.82, 2.24) is 15.4 Å². The minimum Gasteiger partial charge on any atom is -0.493 e. The third-order valence-electron chi connectivity index (χ3n) is 3.87. The molecule has 3 N–H and O–H groups in total. The van der Waals surface area contributed by atoms with Gasteiger partial charge in [-0.25, -0.2) is 17.9 Å². The number of benzene rings is 2. The molecule has 0 fully saturated rings. The SMILES string of the molecule is CCOc1ccc(Cl)cc1C(=O)NCCc1ccc(S(=O)(=O)NC(=O)NC)cc1. The Kier molecular flexibility index (Phi) is 7.86. The second-order valence-corrected chi connectivity index (χ2v) is 8.03. The van der Waals surface area contributed by atoms with Crippen molar-refractivity contribution in [2.75, 3.05) is 20.2 Å². The zero-order valence-corrected chi connectivity index (χ0v) is 17.6. The van der Waals surface area contributed by atoms with E-state index in [4.69, 9.17) is 16.3 Å². The van der Waals surface area contributed by atoms with Gasteiger partial charge in [0.25, 0.3) is 15.9 Å². The molecule has 2 aromatic carbocycles. The molecule has 2 rings (SSSR count). The summed E-state index contributed by atoms with van der Waals surface area (Å²) in [6.07, 6.45) is 0.486. The van der Waals surface area contributed by atoms with Gasteiger partial charge in [0.1, 0.15) is 5.75 Å². The number of ether oxygens (including phenoxy) is 1. The highest BCUT2D eigenvalue weighted by atomic mass is 35.5. The fraction of sp³-hybridized carbons (Fsp3) is 0.263. The molecule has 156 valence electrons. The predicted molar refractivity (Wildman–Crippen MR) is 110 cm³/mol. The number of rotatable bonds is 8. The van der Waals surface area contributed by atoms with Crippen LogP contribution in [0.3, 0.4) is 0 Å². The third kappa shape index (κ3) is 6.37. The van der Waals surface area contributed by atoms with E-state index in [2.05, 4.69) is 10.6 Å². The normalized spacial score (nSPS) is 10.9. The molecule has 0 aliphatic carbocycles. The van der Waals surface area contributed by atoms with Crippen molar-refractivity contribution < 1.29 is 22.7 Å². The van der Waals surface area contributed by atoms with Crippen molar-refractivity contribution in [3.05, 3.63) is 58.6 Å². The minimum absolute atomic E-state index is 0.0332. The first-order valence-electron chi connectivity index (χ1n) is 8.81. The molecule has 0 aromatic heterocycles. The Labute approximate surface area is 174 Å². The fourth-order valence-electron chi connectivity index (χ4n) is 2.44. The number of halogens is 1. The molecule has 0 unspecified atom stereocenters. The number of hydrogen-bond acceptors (Lipinski definition) is 5. The van der Waals surface area contributed by atoms with E-state index in [1.165, 1.54) is 19.2 Å². The molecular formula is C19H22ClN3O5S. The quantitative estimate of drug-likeness (QED) is 0.584. The van der Waals surface area contributed by atoms with Crippen LogP contribution in [0.15, 0.2) is 47.4 Å². The second kappa shape index (κ2) is 10.1. The summed E-state index contributed by atoms with van der Waals surface area (Å²) in [6, 6.07) is 10.1. The Morgan fingerprint density at radius 3 is 2.41 bits per heavy atom. The lowest BCUT2D eigenvalue weighted by Gasteiger charge is -2.11. The van der Waals surface area contributed by atoms with Gasteiger partial charge in [0.15, 0.2) is 0 Å². The minimum atomic E-state index is -3.93. The van der Waals surface area contributed by atoms with Gasteiger partial charge in [-0.1, -0.05) is 23.7 Å². The Balaban J connectivity index is 1.97. The molecule has 3 amide bonds. The lowest BCUT2D eigenvalue weighted by Crippen LogP contribution is -2.37. The van der Waals surface area contributed by atoms with Crippen LogP contribution in [-0.4, -0.2) is 40.6 Å². The maximum absolute atomic E-state index is 12.4. The van der Waals surface area contributed by atoms with Crippen LogP contribution in [0.1, 0.15) is 22.8 Å². The topological polar surface area (TPSA) is 114 Å². The standard InChI is InChI=1S/C19H22ClN3O5S/c1-3-28-17-9-6-14(20)12-16(17)18(24)22-11-10-13-4-7-15(8-5-13)29(26,27)23-19(25)21-2/h4-9,12H,3,10-11H2,1-2H3,(H,22,24)(H2,21,23,25). The van der Waals surface area contributed by atoms with Gasteiger partial charge in [-0.3, -0.25) is 4.79 Å². The number of nitrogens with one attached hydrogen (secondary N) is 3. The molecule has 0 bridgehead atoms. The lowest BCUT2D eigenvalue weighted by molar-refractivity contribution is 0.0950. The van der Waals surface area contributed by atoms with Gasteiger partial charge in [-0.05, 0) is 49.2 Å². The van der Waals surface area contributed by atoms with Crippen molar-refractivity contribution in [2.45, 2.75) is 18.2 Å². The summed E-state index contributed by atoms with van der Waals surface area (Å²) in [5, 5.41) is 5.41. The molecular weight excluding hydrogens is 418 g/mol. The molecule has 0 aliphatic rings. The summed E-state index contributed by atoms with van der Waals surface area (Å²) >= 11 is 5.97. The van der Waals surface area contributed by atoms with Gasteiger partial charge in [0, 0.05) is 18.6 Å². The van der Waals surface area contributed by atoms with Crippen LogP contribution in [-0.2, 0) is 16.4 Å². The largest absolute Gasteiger partial charge is 0.493 e. The highest BCUT2D eigenvalue weighted by molar-refractivity contribution is 7.90. The van der Waals surface area contributed by atoms with E-state index in [1.807, 2.05) is 11.6 Å². The van der Waals surface area contributed by atoms with Gasteiger partial charge in [0.05, 0.1) is 17.1 Å². The number of sulfonamides is 1. The van der Waals surface area contributed by atoms with Crippen molar-refractivity contribution in [1.29, 1.82) is 0 Å². The second-order valence-electron chi connectivity index (χ2n) is 5.91. The first-order valence-corrected chi connectivity index (χ1v) is 10.7. The van der Waals surface area contributed by atoms with Gasteiger partial charge < -0.3 is 15.4 Å². The van der Waals surface area contributed by atoms with Crippen LogP contribution in [0.4, 0.5) is 4.79 Å². The van der Waals surface area contributed by atoms with Crippen molar-refractivity contribution in [2.24, 2.45) is 0 Å². The van der Waals surface area contributed by atoms with Crippen molar-refractivity contribution in [3.63, 3.8) is 0 Å². The van der Waals surface area contributed by atoms with Crippen LogP contribution in [0, 0.1) is 0 Å². The van der Waals surface area contributed by atoms with Gasteiger partial charge in [-0.2, -0.15) is 0 Å². The summed E-state index contributed by atoms with van der Waals surface area (Å²) in [7, 11) is -2.61. The van der Waals surface area contributed by atoms with Crippen LogP contribution < -0.4 is 20.1 Å². The Hall–Kier alpha value is -2.78. The van der Waals surface area contributed by atoms with E-state index < -0.39 is 16.1 Å². The Morgan fingerprint density at radius 2 is 1.79 bits per heavy atom. The molecule has 0 heterocycles. The van der Waals surface area contributed by atoms with Crippen LogP contribution >= 0.6 is 11.6 Å². The first-order chi connectivity index (χ1) is 13.8. The maximum Gasteiger partial charge on any atom is 0.328 e. The number of amides is 3. The van der Waals surface area contributed by atoms with Gasteiger partial charge in [0.2, 0.25) is 0 Å². The Bertz CT molecular complexity index is 978. The smallest absolute Gasteiger partial charge is 0.328 e. The van der Waals surface area contributed by atoms with Gasteiger partial charge in [-0.15, -0.1) is 0 Å². The molecule has 0 saturated carbocycles. The molecule has 0 spiro atoms. The van der Waals surface area contributed by atoms with Gasteiger partial charge >= 0.3 is 6.03 Å². The summed E-state index contributed by atoms with van der Waals surface area (Å²) < 4.78 is 31.4. The van der Waals surface area contributed by atoms with E-state index >= 15 is 0 Å². The van der Waals surface area contributed by atoms with E-state index in [-0.39, 0.29) is 10.8 Å². The Morgan fingerprint density at radius 1 is 1.10 bits per heavy atom. The summed E-state index contributed by atoms with van der Waals surface area (Å²) in [5.74, 6) is 0.137. The number of urea groups is 1. The molecule has 29 heavy (non-hydrogen) atoms. The zero-order chi connectivity index (χ0) is 21.4. The number of hydrogen-bond donors (Lipinski definition) is 3. The summed E-state index contributed by atoms with van der Waals surface area (Å²) in [4.78, 5) is 23.6. The monoisotopic (exact) mass is 439 g/mol. The molecule has 8 nitrogen and oxygen atoms in total. The van der Waals surface area contributed by atoms with Crippen molar-refractivity contribution in [3.8, 4) is 5.75 Å². The fourth-order valence-corrected chi connectivity index (χ4v) is 3.57. The molecule has 0 aliphatic heterocycles. The average Bonchev–Trinajstić information content (AvgIpc) is 2.69. The highest BCUT2D eigenvalue weighted by Gasteiger charge is 2.17. The third-order valence-corrected chi connectivity index (χ3v) is 5.46. The maximum atomic E-state index is 12.4. The highest BCUT2D eigenvalue weighted by Crippen LogP contribution is 2.23. The molecule has 10 heteroatoms. The average molecular weight is 440 g/mol. The summed E-state index contributed by atoms with van der Waals surface area (Å²) in [5.41, 5.74) is 1.17. The molecule has 2 aromatic rings. The predicted octanol–water partition coefficient (Wildman–Crippen LogP) is 2.33. The summed E-state index contributed by atoms with van der Waals surface area (Å²) in [6.45, 7) is 2.58. The van der Waals surface area contributed by atoms with Crippen molar-refractivity contribution >= 4 is 33.6 Å². The number of carbonyl (C=O) groups is 2. The van der Waals surface area contributed by atoms with Crippen LogP contribution in [0.5, 0.6) is 5.75 Å². The van der Waals surface area contributed by atoms with Crippen LogP contribution in [0.25, 0.3) is 0 Å².